The van der Waals surface area contributed by atoms with Crippen LogP contribution in [-0.2, 0) is 10.0 Å². The van der Waals surface area contributed by atoms with Crippen LogP contribution in [0.5, 0.6) is 0 Å². The quantitative estimate of drug-likeness (QED) is 0.516. The fourth-order valence-corrected chi connectivity index (χ4v) is 5.20. The average Bonchev–Trinajstić information content (AvgIpc) is 3.04. The van der Waals surface area contributed by atoms with Crippen LogP contribution in [0.4, 0.5) is 5.69 Å². The lowest BCUT2D eigenvalue weighted by atomic mass is 10.1. The number of fused-ring (bicyclic) bond motifs is 1. The maximum absolute atomic E-state index is 13.0. The molecule has 0 aliphatic heterocycles. The fraction of sp³-hybridized carbons (Fsp3) is 0.136. The summed E-state index contributed by atoms with van der Waals surface area (Å²) < 4.78 is 28.8. The predicted molar refractivity (Wildman–Crippen MR) is 113 cm³/mol. The molecule has 1 aromatic heterocycles. The van der Waals surface area contributed by atoms with Gasteiger partial charge in [0.2, 0.25) is 0 Å². The zero-order valence-electron chi connectivity index (χ0n) is 15.9. The minimum absolute atomic E-state index is 0.327. The van der Waals surface area contributed by atoms with E-state index in [1.54, 1.807) is 6.07 Å². The largest absolute Gasteiger partial charge is 0.280 e. The van der Waals surface area contributed by atoms with E-state index in [0.717, 1.165) is 38.9 Å². The highest BCUT2D eigenvalue weighted by Gasteiger charge is 2.20. The van der Waals surface area contributed by atoms with E-state index in [4.69, 9.17) is 0 Å². The van der Waals surface area contributed by atoms with Crippen LogP contribution in [0.1, 0.15) is 16.7 Å². The van der Waals surface area contributed by atoms with E-state index in [1.165, 1.54) is 0 Å². The highest BCUT2D eigenvalue weighted by Crippen LogP contribution is 2.30. The number of rotatable bonds is 4. The maximum Gasteiger partial charge on any atom is 0.262 e. The predicted octanol–water partition coefficient (Wildman–Crippen LogP) is 4.96. The van der Waals surface area contributed by atoms with Crippen molar-refractivity contribution >= 4 is 26.6 Å². The molecule has 0 saturated carbocycles. The molecule has 0 fully saturated rings. The van der Waals surface area contributed by atoms with Crippen molar-refractivity contribution in [3.05, 3.63) is 77.4 Å². The molecule has 2 N–H and O–H groups in total. The maximum atomic E-state index is 13.0. The van der Waals surface area contributed by atoms with Gasteiger partial charge in [0.1, 0.15) is 0 Å². The van der Waals surface area contributed by atoms with Gasteiger partial charge in [-0.2, -0.15) is 5.10 Å². The zero-order valence-corrected chi connectivity index (χ0v) is 16.8. The van der Waals surface area contributed by atoms with Crippen LogP contribution in [0, 0.1) is 20.8 Å². The number of H-pyrrole nitrogens is 1. The molecule has 0 saturated heterocycles. The summed E-state index contributed by atoms with van der Waals surface area (Å²) in [5.41, 5.74) is 5.63. The number of nitrogens with one attached hydrogen (secondary N) is 2. The van der Waals surface area contributed by atoms with E-state index < -0.39 is 10.0 Å². The standard InChI is InChI=1S/C22H21N3O2S/c1-14-11-15(2)22(16(3)12-14)28(26,27)25-18-9-10-20-19(13-18)21(24-23-20)17-7-5-4-6-8-17/h4-13,25H,1-3H3,(H,23,24). The van der Waals surface area contributed by atoms with Crippen LogP contribution in [-0.4, -0.2) is 18.6 Å². The summed E-state index contributed by atoms with van der Waals surface area (Å²) in [6, 6.07) is 19.0. The van der Waals surface area contributed by atoms with Gasteiger partial charge < -0.3 is 0 Å². The Labute approximate surface area is 164 Å². The number of hydrogen-bond acceptors (Lipinski definition) is 3. The summed E-state index contributed by atoms with van der Waals surface area (Å²) in [7, 11) is -3.70. The zero-order chi connectivity index (χ0) is 19.9. The molecule has 0 bridgehead atoms. The Morgan fingerprint density at radius 2 is 1.57 bits per heavy atom. The smallest absolute Gasteiger partial charge is 0.262 e. The Balaban J connectivity index is 1.76. The van der Waals surface area contributed by atoms with Crippen LogP contribution in [0.25, 0.3) is 22.2 Å². The molecule has 0 aliphatic carbocycles. The minimum Gasteiger partial charge on any atom is -0.280 e. The van der Waals surface area contributed by atoms with Gasteiger partial charge in [-0.3, -0.25) is 9.82 Å². The van der Waals surface area contributed by atoms with Crippen LogP contribution in [0.15, 0.2) is 65.6 Å². The molecule has 0 radical (unpaired) electrons. The first-order chi connectivity index (χ1) is 13.3. The number of hydrogen-bond donors (Lipinski definition) is 2. The van der Waals surface area contributed by atoms with Gasteiger partial charge >= 0.3 is 0 Å². The van der Waals surface area contributed by atoms with Gasteiger partial charge in [0.25, 0.3) is 10.0 Å². The Morgan fingerprint density at radius 3 is 2.25 bits per heavy atom. The van der Waals surface area contributed by atoms with Gasteiger partial charge in [0.15, 0.2) is 0 Å². The molecule has 0 atom stereocenters. The van der Waals surface area contributed by atoms with E-state index in [0.29, 0.717) is 10.6 Å². The first-order valence-corrected chi connectivity index (χ1v) is 10.5. The normalized spacial score (nSPS) is 11.7. The summed E-state index contributed by atoms with van der Waals surface area (Å²) in [5, 5.41) is 8.27. The lowest BCUT2D eigenvalue weighted by Gasteiger charge is -2.14. The second-order valence-electron chi connectivity index (χ2n) is 7.03. The highest BCUT2D eigenvalue weighted by atomic mass is 32.2. The number of aryl methyl sites for hydroxylation is 3. The molecule has 0 aliphatic rings. The molecule has 3 aromatic carbocycles. The number of benzene rings is 3. The number of anilines is 1. The van der Waals surface area contributed by atoms with Crippen molar-refractivity contribution in [2.45, 2.75) is 25.7 Å². The molecule has 0 spiro atoms. The summed E-state index contributed by atoms with van der Waals surface area (Å²) >= 11 is 0. The average molecular weight is 391 g/mol. The molecule has 28 heavy (non-hydrogen) atoms. The van der Waals surface area contributed by atoms with Crippen molar-refractivity contribution < 1.29 is 8.42 Å². The monoisotopic (exact) mass is 391 g/mol. The van der Waals surface area contributed by atoms with Crippen LogP contribution in [0.3, 0.4) is 0 Å². The molecule has 5 nitrogen and oxygen atoms in total. The lowest BCUT2D eigenvalue weighted by molar-refractivity contribution is 0.600. The van der Waals surface area contributed by atoms with Gasteiger partial charge in [-0.05, 0) is 50.1 Å². The fourth-order valence-electron chi connectivity index (χ4n) is 3.69. The highest BCUT2D eigenvalue weighted by molar-refractivity contribution is 7.92. The lowest BCUT2D eigenvalue weighted by Crippen LogP contribution is -2.15. The van der Waals surface area contributed by atoms with Crippen molar-refractivity contribution in [1.82, 2.24) is 10.2 Å². The second-order valence-corrected chi connectivity index (χ2v) is 8.65. The molecular weight excluding hydrogens is 370 g/mol. The number of sulfonamides is 1. The first kappa shape index (κ1) is 18.3. The van der Waals surface area contributed by atoms with Crippen LogP contribution in [0.2, 0.25) is 0 Å². The van der Waals surface area contributed by atoms with Crippen molar-refractivity contribution in [1.29, 1.82) is 0 Å². The summed E-state index contributed by atoms with van der Waals surface area (Å²) in [6.45, 7) is 5.60. The third-order valence-corrected chi connectivity index (χ3v) is 6.42. The summed E-state index contributed by atoms with van der Waals surface area (Å²) in [5.74, 6) is 0. The molecule has 6 heteroatoms. The molecule has 142 valence electrons. The second kappa shape index (κ2) is 6.80. The SMILES string of the molecule is Cc1cc(C)c(S(=O)(=O)Nc2ccc3[nH]nc(-c4ccccc4)c3c2)c(C)c1. The third kappa shape index (κ3) is 3.27. The minimum atomic E-state index is -3.70. The van der Waals surface area contributed by atoms with E-state index >= 15 is 0 Å². The van der Waals surface area contributed by atoms with Crippen molar-refractivity contribution in [3.63, 3.8) is 0 Å². The number of aromatic nitrogens is 2. The van der Waals surface area contributed by atoms with Crippen LogP contribution >= 0.6 is 0 Å². The van der Waals surface area contributed by atoms with E-state index in [9.17, 15) is 8.42 Å². The summed E-state index contributed by atoms with van der Waals surface area (Å²) in [6.07, 6.45) is 0. The third-order valence-electron chi connectivity index (χ3n) is 4.74. The Morgan fingerprint density at radius 1 is 0.893 bits per heavy atom. The van der Waals surface area contributed by atoms with Crippen molar-refractivity contribution in [2.24, 2.45) is 0 Å². The van der Waals surface area contributed by atoms with Crippen molar-refractivity contribution in [2.75, 3.05) is 4.72 Å². The number of aromatic amines is 1. The molecule has 0 amide bonds. The topological polar surface area (TPSA) is 74.8 Å². The molecular formula is C22H21N3O2S. The molecule has 0 unspecified atom stereocenters. The van der Waals surface area contributed by atoms with Gasteiger partial charge in [-0.1, -0.05) is 48.0 Å². The van der Waals surface area contributed by atoms with Gasteiger partial charge in [-0.15, -0.1) is 0 Å². The summed E-state index contributed by atoms with van der Waals surface area (Å²) in [4.78, 5) is 0.327. The Kier molecular flexibility index (Phi) is 4.43. The van der Waals surface area contributed by atoms with Crippen LogP contribution < -0.4 is 4.72 Å². The van der Waals surface area contributed by atoms with Gasteiger partial charge in [0.05, 0.1) is 16.1 Å². The Hall–Kier alpha value is -3.12. The number of nitrogens with zero attached hydrogens (tertiary/aromatic N) is 1. The molecule has 1 heterocycles. The van der Waals surface area contributed by atoms with Gasteiger partial charge in [0, 0.05) is 16.6 Å². The van der Waals surface area contributed by atoms with E-state index in [1.807, 2.05) is 75.4 Å². The van der Waals surface area contributed by atoms with Gasteiger partial charge in [-0.25, -0.2) is 8.42 Å². The molecule has 4 rings (SSSR count). The van der Waals surface area contributed by atoms with Crippen molar-refractivity contribution in [3.8, 4) is 11.3 Å². The Bertz CT molecular complexity index is 1250. The van der Waals surface area contributed by atoms with E-state index in [-0.39, 0.29) is 0 Å². The molecule has 4 aromatic rings. The first-order valence-electron chi connectivity index (χ1n) is 8.99. The van der Waals surface area contributed by atoms with E-state index in [2.05, 4.69) is 14.9 Å².